The van der Waals surface area contributed by atoms with Crippen molar-refractivity contribution in [3.8, 4) is 0 Å². The molecule has 1 aromatic carbocycles. The van der Waals surface area contributed by atoms with Crippen molar-refractivity contribution < 1.29 is 14.8 Å². The summed E-state index contributed by atoms with van der Waals surface area (Å²) in [6.45, 7) is 1.03. The van der Waals surface area contributed by atoms with Gasteiger partial charge in [-0.1, -0.05) is 12.1 Å². The first kappa shape index (κ1) is 13.6. The number of non-ortho nitro benzene ring substituents is 1. The van der Waals surface area contributed by atoms with E-state index in [1.54, 1.807) is 6.07 Å². The SMILES string of the molecule is O=C(CN1CCCC1CO)c1cccc([N+](=O)[O-])c1. The number of carbonyl (C=O) groups is 1. The lowest BCUT2D eigenvalue weighted by atomic mass is 10.1. The maximum atomic E-state index is 12.1. The van der Waals surface area contributed by atoms with Gasteiger partial charge >= 0.3 is 0 Å². The van der Waals surface area contributed by atoms with Crippen molar-refractivity contribution in [2.24, 2.45) is 0 Å². The Hall–Kier alpha value is -1.79. The summed E-state index contributed by atoms with van der Waals surface area (Å²) in [4.78, 5) is 24.2. The fraction of sp³-hybridized carbons (Fsp3) is 0.462. The van der Waals surface area contributed by atoms with Crippen molar-refractivity contribution in [1.82, 2.24) is 4.90 Å². The quantitative estimate of drug-likeness (QED) is 0.491. The highest BCUT2D eigenvalue weighted by molar-refractivity contribution is 5.98. The number of hydrogen-bond acceptors (Lipinski definition) is 5. The van der Waals surface area contributed by atoms with Gasteiger partial charge in [0.05, 0.1) is 18.1 Å². The average molecular weight is 264 g/mol. The molecule has 1 heterocycles. The molecule has 1 aliphatic heterocycles. The molecule has 0 bridgehead atoms. The summed E-state index contributed by atoms with van der Waals surface area (Å²) in [6, 6.07) is 5.79. The van der Waals surface area contributed by atoms with Crippen molar-refractivity contribution in [2.75, 3.05) is 19.7 Å². The molecule has 0 radical (unpaired) electrons. The molecule has 1 N–H and O–H groups in total. The molecule has 0 saturated carbocycles. The fourth-order valence-electron chi connectivity index (χ4n) is 2.38. The summed E-state index contributed by atoms with van der Waals surface area (Å²) in [5.74, 6) is -0.149. The number of nitro benzene ring substituents is 1. The normalized spacial score (nSPS) is 19.5. The molecule has 0 aromatic heterocycles. The highest BCUT2D eigenvalue weighted by atomic mass is 16.6. The zero-order valence-corrected chi connectivity index (χ0v) is 10.5. The monoisotopic (exact) mass is 264 g/mol. The van der Waals surface area contributed by atoms with Crippen LogP contribution in [0.25, 0.3) is 0 Å². The minimum atomic E-state index is -0.511. The summed E-state index contributed by atoms with van der Waals surface area (Å²) in [5, 5.41) is 19.9. The Morgan fingerprint density at radius 2 is 2.32 bits per heavy atom. The van der Waals surface area contributed by atoms with Gasteiger partial charge in [0.15, 0.2) is 5.78 Å². The average Bonchev–Trinajstić information content (AvgIpc) is 2.86. The first-order valence-electron chi connectivity index (χ1n) is 6.24. The van der Waals surface area contributed by atoms with Gasteiger partial charge < -0.3 is 5.11 Å². The van der Waals surface area contributed by atoms with E-state index in [1.807, 2.05) is 4.90 Å². The Balaban J connectivity index is 2.07. The number of Topliss-reactive ketones (excluding diaryl/α,β-unsaturated/α-hetero) is 1. The molecular weight excluding hydrogens is 248 g/mol. The molecule has 1 aliphatic rings. The van der Waals surface area contributed by atoms with Gasteiger partial charge in [-0.15, -0.1) is 0 Å². The number of rotatable bonds is 5. The van der Waals surface area contributed by atoms with Crippen LogP contribution in [0.4, 0.5) is 5.69 Å². The maximum Gasteiger partial charge on any atom is 0.270 e. The molecule has 102 valence electrons. The van der Waals surface area contributed by atoms with E-state index in [1.165, 1.54) is 18.2 Å². The Morgan fingerprint density at radius 3 is 3.00 bits per heavy atom. The summed E-state index contributed by atoms with van der Waals surface area (Å²) >= 11 is 0. The Labute approximate surface area is 110 Å². The largest absolute Gasteiger partial charge is 0.395 e. The molecule has 0 amide bonds. The van der Waals surface area contributed by atoms with Crippen LogP contribution in [0.15, 0.2) is 24.3 Å². The third-order valence-corrected chi connectivity index (χ3v) is 3.44. The molecule has 2 rings (SSSR count). The van der Waals surface area contributed by atoms with E-state index in [4.69, 9.17) is 0 Å². The second-order valence-electron chi connectivity index (χ2n) is 4.68. The van der Waals surface area contributed by atoms with E-state index in [9.17, 15) is 20.0 Å². The second-order valence-corrected chi connectivity index (χ2v) is 4.68. The first-order valence-corrected chi connectivity index (χ1v) is 6.24. The van der Waals surface area contributed by atoms with Gasteiger partial charge in [0.25, 0.3) is 5.69 Å². The molecule has 19 heavy (non-hydrogen) atoms. The lowest BCUT2D eigenvalue weighted by molar-refractivity contribution is -0.384. The lowest BCUT2D eigenvalue weighted by Gasteiger charge is -2.21. The van der Waals surface area contributed by atoms with Gasteiger partial charge in [0.2, 0.25) is 0 Å². The first-order chi connectivity index (χ1) is 9.11. The Morgan fingerprint density at radius 1 is 1.53 bits per heavy atom. The number of nitrogens with zero attached hydrogens (tertiary/aromatic N) is 2. The van der Waals surface area contributed by atoms with Crippen molar-refractivity contribution >= 4 is 11.5 Å². The summed E-state index contributed by atoms with van der Waals surface area (Å²) in [7, 11) is 0. The molecular formula is C13H16N2O4. The molecule has 1 saturated heterocycles. The Bertz CT molecular complexity index is 489. The van der Waals surface area contributed by atoms with E-state index in [0.717, 1.165) is 19.4 Å². The topological polar surface area (TPSA) is 83.7 Å². The number of hydrogen-bond donors (Lipinski definition) is 1. The third kappa shape index (κ3) is 3.15. The molecule has 1 fully saturated rings. The van der Waals surface area contributed by atoms with Crippen LogP contribution < -0.4 is 0 Å². The van der Waals surface area contributed by atoms with E-state index in [0.29, 0.717) is 5.56 Å². The van der Waals surface area contributed by atoms with Crippen LogP contribution in [-0.4, -0.2) is 46.5 Å². The zero-order valence-electron chi connectivity index (χ0n) is 10.5. The fourth-order valence-corrected chi connectivity index (χ4v) is 2.38. The minimum absolute atomic E-state index is 0.0302. The number of likely N-dealkylation sites (tertiary alicyclic amines) is 1. The van der Waals surface area contributed by atoms with Crippen molar-refractivity contribution in [3.63, 3.8) is 0 Å². The smallest absolute Gasteiger partial charge is 0.270 e. The van der Waals surface area contributed by atoms with Gasteiger partial charge in [0, 0.05) is 23.7 Å². The predicted octanol–water partition coefficient (Wildman–Crippen LogP) is 1.23. The number of nitro groups is 1. The summed E-state index contributed by atoms with van der Waals surface area (Å²) in [6.07, 6.45) is 1.85. The van der Waals surface area contributed by atoms with Crippen LogP contribution >= 0.6 is 0 Å². The van der Waals surface area contributed by atoms with E-state index < -0.39 is 4.92 Å². The van der Waals surface area contributed by atoms with Gasteiger partial charge in [0.1, 0.15) is 0 Å². The van der Waals surface area contributed by atoms with Gasteiger partial charge in [-0.3, -0.25) is 19.8 Å². The van der Waals surface area contributed by atoms with E-state index >= 15 is 0 Å². The number of aliphatic hydroxyl groups is 1. The number of aliphatic hydroxyl groups excluding tert-OH is 1. The Kier molecular flexibility index (Phi) is 4.24. The van der Waals surface area contributed by atoms with E-state index in [2.05, 4.69) is 0 Å². The summed E-state index contributed by atoms with van der Waals surface area (Å²) < 4.78 is 0. The summed E-state index contributed by atoms with van der Waals surface area (Å²) in [5.41, 5.74) is 0.267. The van der Waals surface area contributed by atoms with Crippen LogP contribution in [-0.2, 0) is 0 Å². The number of benzene rings is 1. The van der Waals surface area contributed by atoms with Gasteiger partial charge in [-0.2, -0.15) is 0 Å². The standard InChI is InChI=1S/C13H16N2O4/c16-9-12-5-2-6-14(12)8-13(17)10-3-1-4-11(7-10)15(18)19/h1,3-4,7,12,16H,2,5-6,8-9H2. The van der Waals surface area contributed by atoms with Crippen molar-refractivity contribution in [3.05, 3.63) is 39.9 Å². The molecule has 6 heteroatoms. The molecule has 1 atom stereocenters. The van der Waals surface area contributed by atoms with Gasteiger partial charge in [-0.05, 0) is 19.4 Å². The zero-order chi connectivity index (χ0) is 13.8. The highest BCUT2D eigenvalue weighted by Crippen LogP contribution is 2.18. The van der Waals surface area contributed by atoms with Gasteiger partial charge in [-0.25, -0.2) is 0 Å². The lowest BCUT2D eigenvalue weighted by Crippen LogP contribution is -2.36. The van der Waals surface area contributed by atoms with Crippen LogP contribution in [0.5, 0.6) is 0 Å². The van der Waals surface area contributed by atoms with Crippen LogP contribution in [0.1, 0.15) is 23.2 Å². The third-order valence-electron chi connectivity index (χ3n) is 3.44. The van der Waals surface area contributed by atoms with Crippen LogP contribution in [0, 0.1) is 10.1 Å². The highest BCUT2D eigenvalue weighted by Gasteiger charge is 2.26. The maximum absolute atomic E-state index is 12.1. The molecule has 1 unspecified atom stereocenters. The van der Waals surface area contributed by atoms with Crippen molar-refractivity contribution in [1.29, 1.82) is 0 Å². The molecule has 0 spiro atoms. The predicted molar refractivity (Wildman–Crippen MR) is 69.1 cm³/mol. The van der Waals surface area contributed by atoms with E-state index in [-0.39, 0.29) is 30.7 Å². The van der Waals surface area contributed by atoms with Crippen LogP contribution in [0.3, 0.4) is 0 Å². The van der Waals surface area contributed by atoms with Crippen molar-refractivity contribution in [2.45, 2.75) is 18.9 Å². The second kappa shape index (κ2) is 5.90. The molecule has 1 aromatic rings. The number of ketones is 1. The van der Waals surface area contributed by atoms with Crippen LogP contribution in [0.2, 0.25) is 0 Å². The number of carbonyl (C=O) groups excluding carboxylic acids is 1. The molecule has 0 aliphatic carbocycles. The minimum Gasteiger partial charge on any atom is -0.395 e. The molecule has 6 nitrogen and oxygen atoms in total.